The van der Waals surface area contributed by atoms with E-state index in [1.807, 2.05) is 6.07 Å². The van der Waals surface area contributed by atoms with Crippen LogP contribution >= 0.6 is 0 Å². The van der Waals surface area contributed by atoms with Crippen LogP contribution in [0.3, 0.4) is 0 Å². The molecule has 0 unspecified atom stereocenters. The Kier molecular flexibility index (Phi) is 5.19. The Hall–Kier alpha value is -3.00. The number of aromatic nitrogens is 3. The highest BCUT2D eigenvalue weighted by atomic mass is 32.2. The van der Waals surface area contributed by atoms with Crippen LogP contribution in [0.1, 0.15) is 48.3 Å². The average Bonchev–Trinajstić information content (AvgIpc) is 3.45. The molecule has 0 saturated heterocycles. The Balaban J connectivity index is 1.58. The van der Waals surface area contributed by atoms with Crippen molar-refractivity contribution in [2.45, 2.75) is 37.0 Å². The third kappa shape index (κ3) is 4.22. The van der Waals surface area contributed by atoms with Crippen LogP contribution in [0.2, 0.25) is 0 Å². The summed E-state index contributed by atoms with van der Waals surface area (Å²) in [5.74, 6) is 1.48. The third-order valence-electron chi connectivity index (χ3n) is 4.78. The first-order valence-electron chi connectivity index (χ1n) is 9.64. The van der Waals surface area contributed by atoms with Gasteiger partial charge in [0.25, 0.3) is 5.91 Å². The summed E-state index contributed by atoms with van der Waals surface area (Å²) in [7, 11) is -3.51. The van der Waals surface area contributed by atoms with E-state index in [4.69, 9.17) is 0 Å². The van der Waals surface area contributed by atoms with E-state index in [0.29, 0.717) is 23.9 Å². The van der Waals surface area contributed by atoms with Crippen molar-refractivity contribution >= 4 is 21.4 Å². The Morgan fingerprint density at radius 3 is 2.72 bits per heavy atom. The highest BCUT2D eigenvalue weighted by Crippen LogP contribution is 2.38. The summed E-state index contributed by atoms with van der Waals surface area (Å²) in [6.45, 7) is 1.80. The van der Waals surface area contributed by atoms with Crippen LogP contribution < -0.4 is 5.32 Å². The number of benzene rings is 2. The van der Waals surface area contributed by atoms with Gasteiger partial charge in [-0.05, 0) is 43.5 Å². The van der Waals surface area contributed by atoms with Crippen molar-refractivity contribution in [1.82, 2.24) is 15.2 Å². The van der Waals surface area contributed by atoms with Crippen LogP contribution in [0.15, 0.2) is 53.4 Å². The minimum absolute atomic E-state index is 0.000927. The van der Waals surface area contributed by atoms with E-state index in [0.717, 1.165) is 24.2 Å². The van der Waals surface area contributed by atoms with E-state index < -0.39 is 15.7 Å². The Bertz CT molecular complexity index is 1150. The maximum Gasteiger partial charge on any atom is 0.256 e. The van der Waals surface area contributed by atoms with Crippen molar-refractivity contribution in [2.24, 2.45) is 0 Å². The number of aromatic amines is 1. The largest absolute Gasteiger partial charge is 0.322 e. The molecule has 4 rings (SSSR count). The monoisotopic (exact) mass is 410 g/mol. The number of sulfone groups is 1. The maximum atomic E-state index is 12.8. The Labute approximate surface area is 169 Å². The molecular weight excluding hydrogens is 388 g/mol. The zero-order valence-corrected chi connectivity index (χ0v) is 16.9. The summed E-state index contributed by atoms with van der Waals surface area (Å²) in [4.78, 5) is 17.4. The van der Waals surface area contributed by atoms with Gasteiger partial charge in [0.15, 0.2) is 15.7 Å². The molecule has 1 aliphatic rings. The van der Waals surface area contributed by atoms with Gasteiger partial charge in [-0.2, -0.15) is 5.10 Å². The van der Waals surface area contributed by atoms with Gasteiger partial charge in [0.05, 0.1) is 16.2 Å². The van der Waals surface area contributed by atoms with E-state index in [9.17, 15) is 13.2 Å². The Morgan fingerprint density at radius 1 is 1.17 bits per heavy atom. The number of anilines is 1. The summed E-state index contributed by atoms with van der Waals surface area (Å²) >= 11 is 0. The maximum absolute atomic E-state index is 12.8. The SMILES string of the molecule is CCCS(=O)(=O)c1ccccc1C(=O)Nc1cccc(-c2n[nH]c(C3CC3)n2)c1. The smallest absolute Gasteiger partial charge is 0.256 e. The molecule has 0 atom stereocenters. The van der Waals surface area contributed by atoms with Crippen LogP contribution in [0, 0.1) is 0 Å². The minimum atomic E-state index is -3.51. The van der Waals surface area contributed by atoms with Gasteiger partial charge < -0.3 is 5.32 Å². The summed E-state index contributed by atoms with van der Waals surface area (Å²) < 4.78 is 25.0. The molecule has 7 nitrogen and oxygen atoms in total. The lowest BCUT2D eigenvalue weighted by Gasteiger charge is -2.11. The van der Waals surface area contributed by atoms with Crippen molar-refractivity contribution in [3.05, 3.63) is 59.9 Å². The van der Waals surface area contributed by atoms with Gasteiger partial charge in [0, 0.05) is 17.2 Å². The molecule has 8 heteroatoms. The molecule has 2 N–H and O–H groups in total. The first-order valence-corrected chi connectivity index (χ1v) is 11.3. The predicted molar refractivity (Wildman–Crippen MR) is 111 cm³/mol. The van der Waals surface area contributed by atoms with Crippen LogP contribution in [0.4, 0.5) is 5.69 Å². The fourth-order valence-electron chi connectivity index (χ4n) is 3.18. The molecule has 1 amide bonds. The Morgan fingerprint density at radius 2 is 1.97 bits per heavy atom. The first kappa shape index (κ1) is 19.3. The molecule has 1 aromatic heterocycles. The standard InChI is InChI=1S/C21H22N4O3S/c1-2-12-29(27,28)18-9-4-3-8-17(18)21(26)22-16-7-5-6-15(13-16)20-23-19(24-25-20)14-10-11-14/h3-9,13-14H,2,10-12H2,1H3,(H,22,26)(H,23,24,25). The molecule has 0 aliphatic heterocycles. The van der Waals surface area contributed by atoms with Crippen LogP contribution in [-0.2, 0) is 9.84 Å². The number of H-pyrrole nitrogens is 1. The van der Waals surface area contributed by atoms with Crippen molar-refractivity contribution in [3.63, 3.8) is 0 Å². The predicted octanol–water partition coefficient (Wildman–Crippen LogP) is 3.79. The van der Waals surface area contributed by atoms with Crippen LogP contribution in [-0.4, -0.2) is 35.3 Å². The zero-order chi connectivity index (χ0) is 20.4. The molecule has 0 radical (unpaired) electrons. The highest BCUT2D eigenvalue weighted by molar-refractivity contribution is 7.91. The number of carbonyl (C=O) groups excluding carboxylic acids is 1. The fourth-order valence-corrected chi connectivity index (χ4v) is 4.72. The van der Waals surface area contributed by atoms with Crippen molar-refractivity contribution < 1.29 is 13.2 Å². The van der Waals surface area contributed by atoms with E-state index in [2.05, 4.69) is 20.5 Å². The van der Waals surface area contributed by atoms with Crippen LogP contribution in [0.25, 0.3) is 11.4 Å². The molecule has 1 fully saturated rings. The molecule has 1 aliphatic carbocycles. The molecular formula is C21H22N4O3S. The van der Waals surface area contributed by atoms with Crippen molar-refractivity contribution in [3.8, 4) is 11.4 Å². The number of nitrogens with one attached hydrogen (secondary N) is 2. The van der Waals surface area contributed by atoms with Gasteiger partial charge in [-0.15, -0.1) is 0 Å². The quantitative estimate of drug-likeness (QED) is 0.617. The van der Waals surface area contributed by atoms with Gasteiger partial charge >= 0.3 is 0 Å². The lowest BCUT2D eigenvalue weighted by molar-refractivity contribution is 0.102. The molecule has 150 valence electrons. The second-order valence-electron chi connectivity index (χ2n) is 7.17. The molecule has 29 heavy (non-hydrogen) atoms. The second kappa shape index (κ2) is 7.79. The number of rotatable bonds is 7. The topological polar surface area (TPSA) is 105 Å². The number of amides is 1. The summed E-state index contributed by atoms with van der Waals surface area (Å²) in [5.41, 5.74) is 1.46. The lowest BCUT2D eigenvalue weighted by atomic mass is 10.1. The molecule has 1 saturated carbocycles. The number of hydrogen-bond acceptors (Lipinski definition) is 5. The number of hydrogen-bond donors (Lipinski definition) is 2. The van der Waals surface area contributed by atoms with Gasteiger partial charge in [-0.3, -0.25) is 9.89 Å². The molecule has 0 bridgehead atoms. The van der Waals surface area contributed by atoms with Gasteiger partial charge in [0.1, 0.15) is 5.82 Å². The third-order valence-corrected chi connectivity index (χ3v) is 6.76. The van der Waals surface area contributed by atoms with Gasteiger partial charge in [-0.25, -0.2) is 13.4 Å². The molecule has 2 aromatic carbocycles. The van der Waals surface area contributed by atoms with Gasteiger partial charge in [0.2, 0.25) is 0 Å². The van der Waals surface area contributed by atoms with E-state index in [-0.39, 0.29) is 16.2 Å². The number of carbonyl (C=O) groups is 1. The van der Waals surface area contributed by atoms with E-state index >= 15 is 0 Å². The fraction of sp³-hybridized carbons (Fsp3) is 0.286. The average molecular weight is 410 g/mol. The molecule has 0 spiro atoms. The normalized spacial score (nSPS) is 14.0. The van der Waals surface area contributed by atoms with E-state index in [1.165, 1.54) is 12.1 Å². The van der Waals surface area contributed by atoms with Crippen LogP contribution in [0.5, 0.6) is 0 Å². The van der Waals surface area contributed by atoms with Crippen molar-refractivity contribution in [1.29, 1.82) is 0 Å². The van der Waals surface area contributed by atoms with Crippen molar-refractivity contribution in [2.75, 3.05) is 11.1 Å². The number of nitrogens with zero attached hydrogens (tertiary/aromatic N) is 2. The summed E-state index contributed by atoms with van der Waals surface area (Å²) in [5, 5.41) is 10.0. The van der Waals surface area contributed by atoms with E-state index in [1.54, 1.807) is 37.3 Å². The van der Waals surface area contributed by atoms with Gasteiger partial charge in [-0.1, -0.05) is 31.2 Å². The minimum Gasteiger partial charge on any atom is -0.322 e. The lowest BCUT2D eigenvalue weighted by Crippen LogP contribution is -2.17. The first-order chi connectivity index (χ1) is 14.0. The summed E-state index contributed by atoms with van der Waals surface area (Å²) in [6, 6.07) is 13.5. The summed E-state index contributed by atoms with van der Waals surface area (Å²) in [6.07, 6.45) is 2.75. The molecule has 1 heterocycles. The second-order valence-corrected chi connectivity index (χ2v) is 9.25. The highest BCUT2D eigenvalue weighted by Gasteiger charge is 2.27. The zero-order valence-electron chi connectivity index (χ0n) is 16.1. The molecule has 3 aromatic rings.